The second kappa shape index (κ2) is 7.42. The summed E-state index contributed by atoms with van der Waals surface area (Å²) in [4.78, 5) is 26.4. The molecule has 0 radical (unpaired) electrons. The van der Waals surface area contributed by atoms with Gasteiger partial charge in [-0.15, -0.1) is 0 Å². The Morgan fingerprint density at radius 2 is 1.79 bits per heavy atom. The summed E-state index contributed by atoms with van der Waals surface area (Å²) in [6, 6.07) is 0. The van der Waals surface area contributed by atoms with Gasteiger partial charge in [0, 0.05) is 33.6 Å². The number of rotatable bonds is 5. The van der Waals surface area contributed by atoms with Crippen molar-refractivity contribution in [2.24, 2.45) is 23.2 Å². The molecule has 1 aromatic heterocycles. The van der Waals surface area contributed by atoms with Gasteiger partial charge in [-0.2, -0.15) is 4.98 Å². The molecule has 0 spiro atoms. The summed E-state index contributed by atoms with van der Waals surface area (Å²) in [6.45, 7) is 2.99. The molecule has 29 heavy (non-hydrogen) atoms. The number of carbonyl (C=O) groups excluding carboxylic acids is 1. The van der Waals surface area contributed by atoms with Crippen molar-refractivity contribution in [3.8, 4) is 0 Å². The molecular weight excluding hydrogens is 366 g/mol. The summed E-state index contributed by atoms with van der Waals surface area (Å²) in [5.41, 5.74) is 0.952. The van der Waals surface area contributed by atoms with Crippen LogP contribution in [0.3, 0.4) is 0 Å². The third-order valence-electron chi connectivity index (χ3n) is 7.45. The molecule has 4 bridgehead atoms. The maximum absolute atomic E-state index is 13.0. The number of anilines is 3. The highest BCUT2D eigenvalue weighted by Crippen LogP contribution is 2.61. The average molecular weight is 400 g/mol. The number of nitrogens with one attached hydrogen (secondary N) is 1. The number of nitrogens with zero attached hydrogens (tertiary/aromatic N) is 4. The second-order valence-corrected chi connectivity index (χ2v) is 10.0. The molecule has 7 nitrogen and oxygen atoms in total. The van der Waals surface area contributed by atoms with E-state index in [-0.39, 0.29) is 11.3 Å². The third-order valence-corrected chi connectivity index (χ3v) is 7.45. The first-order valence-electron chi connectivity index (χ1n) is 11.2. The fourth-order valence-corrected chi connectivity index (χ4v) is 6.75. The van der Waals surface area contributed by atoms with E-state index in [1.807, 2.05) is 19.0 Å². The van der Waals surface area contributed by atoms with E-state index in [2.05, 4.69) is 15.2 Å². The zero-order chi connectivity index (χ0) is 20.0. The van der Waals surface area contributed by atoms with Gasteiger partial charge in [0.05, 0.1) is 19.4 Å². The minimum Gasteiger partial charge on any atom is -0.378 e. The van der Waals surface area contributed by atoms with Crippen molar-refractivity contribution in [2.45, 2.75) is 44.9 Å². The minimum atomic E-state index is 0.123. The number of amides is 1. The molecule has 1 aliphatic heterocycles. The summed E-state index contributed by atoms with van der Waals surface area (Å²) in [7, 11) is 3.92. The third kappa shape index (κ3) is 3.81. The van der Waals surface area contributed by atoms with Crippen LogP contribution in [0.2, 0.25) is 0 Å². The Balaban J connectivity index is 1.30. The quantitative estimate of drug-likeness (QED) is 0.821. The van der Waals surface area contributed by atoms with Crippen LogP contribution in [0.25, 0.3) is 0 Å². The van der Waals surface area contributed by atoms with Crippen molar-refractivity contribution in [1.29, 1.82) is 0 Å². The summed E-state index contributed by atoms with van der Waals surface area (Å²) in [5.74, 6) is 4.18. The molecule has 6 rings (SSSR count). The number of carbonyl (C=O) groups is 1. The van der Waals surface area contributed by atoms with E-state index in [0.717, 1.165) is 36.7 Å². The van der Waals surface area contributed by atoms with E-state index >= 15 is 0 Å². The maximum atomic E-state index is 13.0. The smallest absolute Gasteiger partial charge is 0.227 e. The van der Waals surface area contributed by atoms with E-state index in [0.29, 0.717) is 31.3 Å². The fourth-order valence-electron chi connectivity index (χ4n) is 6.75. The summed E-state index contributed by atoms with van der Waals surface area (Å²) in [5, 5.41) is 3.15. The number of ether oxygens (including phenoxy) is 1. The summed E-state index contributed by atoms with van der Waals surface area (Å²) in [6.07, 6.45) is 10.4. The van der Waals surface area contributed by atoms with Gasteiger partial charge >= 0.3 is 0 Å². The average Bonchev–Trinajstić information content (AvgIpc) is 2.67. The number of aromatic nitrogens is 2. The van der Waals surface area contributed by atoms with Gasteiger partial charge in [-0.3, -0.25) is 4.79 Å². The minimum absolute atomic E-state index is 0.123. The highest BCUT2D eigenvalue weighted by atomic mass is 16.5. The van der Waals surface area contributed by atoms with Crippen molar-refractivity contribution in [3.05, 3.63) is 6.20 Å². The Bertz CT molecular complexity index is 739. The first kappa shape index (κ1) is 19.1. The first-order chi connectivity index (χ1) is 14.0. The highest BCUT2D eigenvalue weighted by molar-refractivity contribution is 5.94. The van der Waals surface area contributed by atoms with Crippen LogP contribution in [-0.2, 0) is 9.53 Å². The number of hydrogen-bond acceptors (Lipinski definition) is 6. The molecule has 1 N–H and O–H groups in total. The van der Waals surface area contributed by atoms with Gasteiger partial charge in [-0.25, -0.2) is 4.98 Å². The van der Waals surface area contributed by atoms with E-state index in [4.69, 9.17) is 9.72 Å². The molecule has 1 aromatic rings. The van der Waals surface area contributed by atoms with Gasteiger partial charge in [-0.1, -0.05) is 0 Å². The van der Waals surface area contributed by atoms with Crippen molar-refractivity contribution < 1.29 is 9.53 Å². The van der Waals surface area contributed by atoms with E-state index in [9.17, 15) is 4.79 Å². The van der Waals surface area contributed by atoms with Crippen LogP contribution >= 0.6 is 0 Å². The van der Waals surface area contributed by atoms with Crippen LogP contribution < -0.4 is 15.1 Å². The Morgan fingerprint density at radius 3 is 2.38 bits per heavy atom. The van der Waals surface area contributed by atoms with Gasteiger partial charge in [0.1, 0.15) is 5.69 Å². The normalized spacial score (nSPS) is 33.0. The fraction of sp³-hybridized carbons (Fsp3) is 0.773. The lowest BCUT2D eigenvalue weighted by atomic mass is 9.49. The highest BCUT2D eigenvalue weighted by Gasteiger charge is 2.51. The van der Waals surface area contributed by atoms with Crippen LogP contribution in [0.15, 0.2) is 6.20 Å². The molecule has 0 unspecified atom stereocenters. The maximum Gasteiger partial charge on any atom is 0.227 e. The topological polar surface area (TPSA) is 70.6 Å². The standard InChI is InChI=1S/C22H33N5O2/c1-26(2)20-18(14-23-21(25-20)27-3-5-29-6-4-27)24-19(28)13-22-10-15-7-16(11-22)9-17(8-15)12-22/h14-17H,3-13H2,1-2H3,(H,24,28). The largest absolute Gasteiger partial charge is 0.378 e. The first-order valence-corrected chi connectivity index (χ1v) is 11.2. The molecular formula is C22H33N5O2. The molecule has 4 aliphatic carbocycles. The van der Waals surface area contributed by atoms with Crippen LogP contribution in [0.4, 0.5) is 17.5 Å². The van der Waals surface area contributed by atoms with Crippen LogP contribution in [0.1, 0.15) is 44.9 Å². The number of hydrogen-bond donors (Lipinski definition) is 1. The Hall–Kier alpha value is -1.89. The van der Waals surface area contributed by atoms with Crippen LogP contribution in [0.5, 0.6) is 0 Å². The lowest BCUT2D eigenvalue weighted by Gasteiger charge is -2.56. The van der Waals surface area contributed by atoms with Gasteiger partial charge in [0.2, 0.25) is 11.9 Å². The summed E-state index contributed by atoms with van der Waals surface area (Å²) < 4.78 is 5.43. The van der Waals surface area contributed by atoms with Gasteiger partial charge < -0.3 is 19.9 Å². The van der Waals surface area contributed by atoms with Crippen LogP contribution in [-0.4, -0.2) is 56.3 Å². The lowest BCUT2D eigenvalue weighted by molar-refractivity contribution is -0.124. The lowest BCUT2D eigenvalue weighted by Crippen LogP contribution is -2.47. The predicted molar refractivity (Wildman–Crippen MR) is 113 cm³/mol. The van der Waals surface area contributed by atoms with Gasteiger partial charge in [0.25, 0.3) is 0 Å². The molecule has 2 heterocycles. The van der Waals surface area contributed by atoms with Gasteiger partial charge in [-0.05, 0) is 61.7 Å². The monoisotopic (exact) mass is 399 g/mol. The van der Waals surface area contributed by atoms with Gasteiger partial charge in [0.15, 0.2) is 5.82 Å². The number of morpholine rings is 1. The SMILES string of the molecule is CN(C)c1nc(N2CCOCC2)ncc1NC(=O)CC12CC3CC(CC(C3)C1)C2. The Kier molecular flexibility index (Phi) is 4.88. The second-order valence-electron chi connectivity index (χ2n) is 10.0. The Morgan fingerprint density at radius 1 is 1.17 bits per heavy atom. The molecule has 4 saturated carbocycles. The van der Waals surface area contributed by atoms with E-state index < -0.39 is 0 Å². The molecule has 158 valence electrons. The predicted octanol–water partition coefficient (Wildman–Crippen LogP) is 2.92. The molecule has 1 saturated heterocycles. The van der Waals surface area contributed by atoms with Crippen molar-refractivity contribution in [2.75, 3.05) is 55.5 Å². The zero-order valence-electron chi connectivity index (χ0n) is 17.7. The molecule has 7 heteroatoms. The van der Waals surface area contributed by atoms with Crippen molar-refractivity contribution >= 4 is 23.4 Å². The molecule has 1 amide bonds. The summed E-state index contributed by atoms with van der Waals surface area (Å²) >= 11 is 0. The molecule has 0 atom stereocenters. The van der Waals surface area contributed by atoms with E-state index in [1.165, 1.54) is 38.5 Å². The molecule has 5 aliphatic rings. The van der Waals surface area contributed by atoms with Crippen molar-refractivity contribution in [3.63, 3.8) is 0 Å². The van der Waals surface area contributed by atoms with E-state index in [1.54, 1.807) is 6.20 Å². The zero-order valence-corrected chi connectivity index (χ0v) is 17.7. The Labute approximate surface area is 173 Å². The molecule has 5 fully saturated rings. The van der Waals surface area contributed by atoms with Crippen LogP contribution in [0, 0.1) is 23.2 Å². The van der Waals surface area contributed by atoms with Crippen molar-refractivity contribution in [1.82, 2.24) is 9.97 Å². The molecule has 0 aromatic carbocycles.